The molecule has 0 bridgehead atoms. The largest absolute Gasteiger partial charge is 0.457 e. The minimum Gasteiger partial charge on any atom is -0.457 e. The van der Waals surface area contributed by atoms with Crippen LogP contribution >= 0.6 is 0 Å². The Morgan fingerprint density at radius 2 is 1.77 bits per heavy atom. The smallest absolute Gasteiger partial charge is 0.419 e. The van der Waals surface area contributed by atoms with Crippen molar-refractivity contribution in [2.24, 2.45) is 0 Å². The quantitative estimate of drug-likeness (QED) is 0.332. The highest BCUT2D eigenvalue weighted by molar-refractivity contribution is 5.94. The van der Waals surface area contributed by atoms with Crippen molar-refractivity contribution in [3.05, 3.63) is 101 Å². The van der Waals surface area contributed by atoms with Crippen molar-refractivity contribution in [1.29, 1.82) is 0 Å². The van der Waals surface area contributed by atoms with Crippen LogP contribution in [0.4, 0.5) is 26.3 Å². The molecule has 0 aliphatic heterocycles. The van der Waals surface area contributed by atoms with Crippen LogP contribution in [0.2, 0.25) is 0 Å². The molecule has 1 N–H and O–H groups in total. The standard InChI is InChI=1S/C22H17F6NO2/c1-3-5-15(31-19-10-13(2)7-8-16(19)22(26,27)28)6-4-9-29-21(30)20-17(24)11-14(23)12-18(20)25/h3-8,10-12H,1,9H2,2H3,(H,29,30)/b6-4-,15-5+. The first-order valence-corrected chi connectivity index (χ1v) is 8.80. The van der Waals surface area contributed by atoms with Crippen LogP contribution in [-0.4, -0.2) is 12.5 Å². The fourth-order valence-corrected chi connectivity index (χ4v) is 2.49. The summed E-state index contributed by atoms with van der Waals surface area (Å²) in [4.78, 5) is 11.9. The summed E-state index contributed by atoms with van der Waals surface area (Å²) in [5.41, 5.74) is -1.39. The van der Waals surface area contributed by atoms with Gasteiger partial charge in [-0.25, -0.2) is 13.2 Å². The summed E-state index contributed by atoms with van der Waals surface area (Å²) in [6.07, 6.45) is 0.478. The lowest BCUT2D eigenvalue weighted by atomic mass is 10.1. The minimum absolute atomic E-state index is 0.0282. The minimum atomic E-state index is -4.64. The number of amides is 1. The summed E-state index contributed by atoms with van der Waals surface area (Å²) in [5.74, 6) is -5.49. The Morgan fingerprint density at radius 1 is 1.13 bits per heavy atom. The number of carbonyl (C=O) groups is 1. The maximum atomic E-state index is 13.6. The number of nitrogens with one attached hydrogen (secondary N) is 1. The Balaban J connectivity index is 2.12. The molecule has 0 atom stereocenters. The third-order valence-corrected chi connectivity index (χ3v) is 3.85. The van der Waals surface area contributed by atoms with Gasteiger partial charge in [-0.3, -0.25) is 4.79 Å². The summed E-state index contributed by atoms with van der Waals surface area (Å²) >= 11 is 0. The van der Waals surface area contributed by atoms with E-state index in [0.29, 0.717) is 17.7 Å². The summed E-state index contributed by atoms with van der Waals surface area (Å²) in [7, 11) is 0. The number of hydrogen-bond donors (Lipinski definition) is 1. The van der Waals surface area contributed by atoms with Crippen LogP contribution in [0.1, 0.15) is 21.5 Å². The molecule has 0 aliphatic rings. The van der Waals surface area contributed by atoms with E-state index in [0.717, 1.165) is 6.07 Å². The van der Waals surface area contributed by atoms with Crippen LogP contribution in [0.15, 0.2) is 67.0 Å². The maximum Gasteiger partial charge on any atom is 0.419 e. The molecule has 0 radical (unpaired) electrons. The van der Waals surface area contributed by atoms with Gasteiger partial charge in [0, 0.05) is 18.7 Å². The van der Waals surface area contributed by atoms with Crippen LogP contribution in [0.5, 0.6) is 5.75 Å². The van der Waals surface area contributed by atoms with E-state index < -0.39 is 46.4 Å². The lowest BCUT2D eigenvalue weighted by molar-refractivity contribution is -0.138. The summed E-state index contributed by atoms with van der Waals surface area (Å²) in [5, 5.41) is 2.19. The highest BCUT2D eigenvalue weighted by atomic mass is 19.4. The summed E-state index contributed by atoms with van der Waals surface area (Å²) in [6.45, 7) is 4.81. The van der Waals surface area contributed by atoms with E-state index >= 15 is 0 Å². The predicted molar refractivity (Wildman–Crippen MR) is 103 cm³/mol. The Labute approximate surface area is 174 Å². The number of alkyl halides is 3. The first kappa shape index (κ1) is 23.8. The van der Waals surface area contributed by atoms with Gasteiger partial charge in [0.2, 0.25) is 0 Å². The molecule has 0 unspecified atom stereocenters. The van der Waals surface area contributed by atoms with Gasteiger partial charge in [-0.05, 0) is 36.8 Å². The van der Waals surface area contributed by atoms with Crippen molar-refractivity contribution in [1.82, 2.24) is 5.32 Å². The highest BCUT2D eigenvalue weighted by Crippen LogP contribution is 2.37. The van der Waals surface area contributed by atoms with E-state index in [1.165, 1.54) is 36.4 Å². The van der Waals surface area contributed by atoms with Crippen molar-refractivity contribution in [2.75, 3.05) is 6.54 Å². The molecule has 2 rings (SSSR count). The van der Waals surface area contributed by atoms with Gasteiger partial charge in [-0.2, -0.15) is 13.2 Å². The zero-order valence-corrected chi connectivity index (χ0v) is 16.2. The van der Waals surface area contributed by atoms with Crippen molar-refractivity contribution >= 4 is 5.91 Å². The topological polar surface area (TPSA) is 38.3 Å². The zero-order chi connectivity index (χ0) is 23.2. The number of aryl methyl sites for hydroxylation is 1. The van der Waals surface area contributed by atoms with Gasteiger partial charge in [-0.15, -0.1) is 0 Å². The van der Waals surface area contributed by atoms with Crippen LogP contribution in [-0.2, 0) is 6.18 Å². The molecule has 0 heterocycles. The van der Waals surface area contributed by atoms with Crippen LogP contribution < -0.4 is 10.1 Å². The Hall–Kier alpha value is -3.49. The zero-order valence-electron chi connectivity index (χ0n) is 16.2. The second-order valence-corrected chi connectivity index (χ2v) is 6.26. The van der Waals surface area contributed by atoms with Crippen molar-refractivity contribution in [3.8, 4) is 5.75 Å². The van der Waals surface area contributed by atoms with Gasteiger partial charge in [0.15, 0.2) is 0 Å². The molecule has 0 spiro atoms. The molecule has 2 aromatic carbocycles. The first-order chi connectivity index (χ1) is 14.5. The van der Waals surface area contributed by atoms with Gasteiger partial charge in [0.1, 0.15) is 34.5 Å². The normalized spacial score (nSPS) is 12.2. The maximum absolute atomic E-state index is 13.6. The average Bonchev–Trinajstić information content (AvgIpc) is 2.63. The molecule has 0 fully saturated rings. The molecule has 2 aromatic rings. The second-order valence-electron chi connectivity index (χ2n) is 6.26. The van der Waals surface area contributed by atoms with E-state index in [-0.39, 0.29) is 12.3 Å². The molecular formula is C22H17F6NO2. The van der Waals surface area contributed by atoms with Gasteiger partial charge < -0.3 is 10.1 Å². The van der Waals surface area contributed by atoms with Crippen molar-refractivity contribution < 1.29 is 35.9 Å². The van der Waals surface area contributed by atoms with Gasteiger partial charge >= 0.3 is 6.18 Å². The van der Waals surface area contributed by atoms with Crippen LogP contribution in [0.3, 0.4) is 0 Å². The van der Waals surface area contributed by atoms with E-state index in [1.807, 2.05) is 0 Å². The van der Waals surface area contributed by atoms with E-state index in [4.69, 9.17) is 4.74 Å². The number of rotatable bonds is 7. The number of halogens is 6. The highest BCUT2D eigenvalue weighted by Gasteiger charge is 2.34. The Morgan fingerprint density at radius 3 is 2.35 bits per heavy atom. The average molecular weight is 441 g/mol. The molecule has 3 nitrogen and oxygen atoms in total. The number of hydrogen-bond acceptors (Lipinski definition) is 2. The number of allylic oxidation sites excluding steroid dienone is 3. The molecule has 9 heteroatoms. The summed E-state index contributed by atoms with van der Waals surface area (Å²) in [6, 6.07) is 4.15. The number of carbonyl (C=O) groups excluding carboxylic acids is 1. The molecule has 0 saturated heterocycles. The van der Waals surface area contributed by atoms with Gasteiger partial charge in [0.25, 0.3) is 5.91 Å². The van der Waals surface area contributed by atoms with E-state index in [9.17, 15) is 31.1 Å². The lowest BCUT2D eigenvalue weighted by Gasteiger charge is -2.15. The second kappa shape index (κ2) is 10.0. The van der Waals surface area contributed by atoms with Gasteiger partial charge in [-0.1, -0.05) is 24.8 Å². The lowest BCUT2D eigenvalue weighted by Crippen LogP contribution is -2.25. The Bertz CT molecular complexity index is 1020. The van der Waals surface area contributed by atoms with Crippen LogP contribution in [0.25, 0.3) is 0 Å². The molecule has 1 amide bonds. The monoisotopic (exact) mass is 441 g/mol. The van der Waals surface area contributed by atoms with Crippen LogP contribution in [0, 0.1) is 24.4 Å². The molecule has 0 aromatic heterocycles. The molecule has 0 aliphatic carbocycles. The third kappa shape index (κ3) is 6.50. The van der Waals surface area contributed by atoms with Gasteiger partial charge in [0.05, 0.1) is 5.56 Å². The molecule has 31 heavy (non-hydrogen) atoms. The number of ether oxygens (including phenoxy) is 1. The first-order valence-electron chi connectivity index (χ1n) is 8.80. The molecule has 164 valence electrons. The fraction of sp³-hybridized carbons (Fsp3) is 0.136. The SMILES string of the molecule is C=C/C=C(\C=C/CNC(=O)c1c(F)cc(F)cc1F)Oc1cc(C)ccc1C(F)(F)F. The fourth-order valence-electron chi connectivity index (χ4n) is 2.49. The Kier molecular flexibility index (Phi) is 7.68. The van der Waals surface area contributed by atoms with Crippen molar-refractivity contribution in [2.45, 2.75) is 13.1 Å². The predicted octanol–water partition coefficient (Wildman–Crippen LogP) is 5.87. The van der Waals surface area contributed by atoms with E-state index in [2.05, 4.69) is 11.9 Å². The summed E-state index contributed by atoms with van der Waals surface area (Å²) < 4.78 is 85.1. The number of benzene rings is 2. The van der Waals surface area contributed by atoms with Crippen molar-refractivity contribution in [3.63, 3.8) is 0 Å². The molecule has 0 saturated carbocycles. The molecular weight excluding hydrogens is 424 g/mol. The van der Waals surface area contributed by atoms with E-state index in [1.54, 1.807) is 6.92 Å². The third-order valence-electron chi connectivity index (χ3n) is 3.85.